The topological polar surface area (TPSA) is 189 Å². The molecule has 0 bridgehead atoms. The third-order valence-corrected chi connectivity index (χ3v) is 13.7. The van der Waals surface area contributed by atoms with E-state index in [1.165, 1.54) is 0 Å². The number of carbonyl (C=O) groups is 4. The van der Waals surface area contributed by atoms with Crippen LogP contribution in [-0.4, -0.2) is 95.8 Å². The van der Waals surface area contributed by atoms with E-state index in [1.807, 2.05) is 45.8 Å². The Morgan fingerprint density at radius 2 is 0.945 bits per heavy atom. The first kappa shape index (κ1) is 57.8. The molecule has 2 heterocycles. The Balaban J connectivity index is 0.000000271. The molecule has 16 nitrogen and oxygen atoms in total. The third kappa shape index (κ3) is 16.5. The monoisotopic (exact) mass is 1010 g/mol. The van der Waals surface area contributed by atoms with Crippen molar-refractivity contribution in [2.45, 2.75) is 176 Å². The van der Waals surface area contributed by atoms with Crippen molar-refractivity contribution in [1.82, 2.24) is 40.8 Å². The van der Waals surface area contributed by atoms with Gasteiger partial charge >= 0.3 is 0 Å². The minimum Gasteiger partial charge on any atom is -0.496 e. The van der Waals surface area contributed by atoms with Crippen molar-refractivity contribution < 1.29 is 38.1 Å². The first-order valence-corrected chi connectivity index (χ1v) is 26.7. The van der Waals surface area contributed by atoms with Gasteiger partial charge in [-0.3, -0.25) is 28.5 Å². The molecule has 2 aliphatic rings. The summed E-state index contributed by atoms with van der Waals surface area (Å²) in [4.78, 5) is 52.3. The molecule has 2 aromatic carbocycles. The molecule has 1 unspecified atom stereocenters. The maximum Gasteiger partial charge on any atom is 0.272 e. The van der Waals surface area contributed by atoms with Gasteiger partial charge in [0.05, 0.1) is 57.0 Å². The van der Waals surface area contributed by atoms with Crippen LogP contribution in [0.4, 0.5) is 0 Å². The van der Waals surface area contributed by atoms with Crippen LogP contribution in [-0.2, 0) is 16.1 Å². The average molecular weight is 1010 g/mol. The summed E-state index contributed by atoms with van der Waals surface area (Å²) in [5, 5.41) is 21.9. The number of nitrogens with zero attached hydrogens (tertiary/aromatic N) is 4. The number of ether oxygens (including phenoxy) is 4. The lowest BCUT2D eigenvalue weighted by atomic mass is 10.00. The van der Waals surface area contributed by atoms with Crippen LogP contribution in [0.5, 0.6) is 23.0 Å². The Bertz CT molecular complexity index is 2370. The molecule has 6 rings (SSSR count). The molecular formula is C57H86N8O8. The summed E-state index contributed by atoms with van der Waals surface area (Å²) in [6, 6.07) is 14.8. The summed E-state index contributed by atoms with van der Waals surface area (Å²) < 4.78 is 26.2. The van der Waals surface area contributed by atoms with Crippen LogP contribution in [0.3, 0.4) is 0 Å². The maximum atomic E-state index is 13.5. The molecule has 16 heteroatoms. The predicted molar refractivity (Wildman–Crippen MR) is 287 cm³/mol. The van der Waals surface area contributed by atoms with Gasteiger partial charge in [-0.2, -0.15) is 10.2 Å². The van der Waals surface area contributed by atoms with Gasteiger partial charge in [0.2, 0.25) is 11.8 Å². The molecule has 4 aromatic rings. The smallest absolute Gasteiger partial charge is 0.272 e. The highest BCUT2D eigenvalue weighted by Gasteiger charge is 2.29. The second-order valence-corrected chi connectivity index (χ2v) is 21.5. The summed E-state index contributed by atoms with van der Waals surface area (Å²) in [6.07, 6.45) is 10.7. The summed E-state index contributed by atoms with van der Waals surface area (Å²) >= 11 is 0. The molecule has 2 fully saturated rings. The predicted octanol–water partition coefficient (Wildman–Crippen LogP) is 10.2. The van der Waals surface area contributed by atoms with Gasteiger partial charge < -0.3 is 40.2 Å². The fourth-order valence-corrected chi connectivity index (χ4v) is 9.91. The highest BCUT2D eigenvalue weighted by molar-refractivity contribution is 5.95. The summed E-state index contributed by atoms with van der Waals surface area (Å²) in [5.41, 5.74) is 3.62. The lowest BCUT2D eigenvalue weighted by Crippen LogP contribution is -2.42. The number of hydrogen-bond donors (Lipinski definition) is 4. The number of benzene rings is 2. The van der Waals surface area contributed by atoms with Gasteiger partial charge in [-0.15, -0.1) is 0 Å². The minimum absolute atomic E-state index is 0.00219. The van der Waals surface area contributed by atoms with Gasteiger partial charge in [0.15, 0.2) is 11.4 Å². The van der Waals surface area contributed by atoms with Crippen LogP contribution < -0.4 is 40.2 Å². The second-order valence-electron chi connectivity index (χ2n) is 21.5. The Morgan fingerprint density at radius 1 is 0.562 bits per heavy atom. The number of hydrogen-bond acceptors (Lipinski definition) is 10. The van der Waals surface area contributed by atoms with E-state index in [4.69, 9.17) is 24.0 Å². The van der Waals surface area contributed by atoms with Crippen molar-refractivity contribution in [3.63, 3.8) is 0 Å². The van der Waals surface area contributed by atoms with E-state index in [-0.39, 0.29) is 72.6 Å². The van der Waals surface area contributed by atoms with Gasteiger partial charge in [0.25, 0.3) is 11.8 Å². The van der Waals surface area contributed by atoms with Gasteiger partial charge in [0.1, 0.15) is 23.0 Å². The number of amides is 4. The number of methoxy groups -OCH3 is 4. The molecule has 2 aromatic heterocycles. The lowest BCUT2D eigenvalue weighted by molar-refractivity contribution is -0.123. The van der Waals surface area contributed by atoms with Gasteiger partial charge in [-0.1, -0.05) is 93.2 Å². The molecule has 4 N–H and O–H groups in total. The van der Waals surface area contributed by atoms with Crippen molar-refractivity contribution in [2.24, 2.45) is 23.7 Å². The molecule has 73 heavy (non-hydrogen) atoms. The number of nitrogens with one attached hydrogen (secondary N) is 4. The van der Waals surface area contributed by atoms with E-state index < -0.39 is 0 Å². The van der Waals surface area contributed by atoms with Gasteiger partial charge in [-0.05, 0) is 106 Å². The van der Waals surface area contributed by atoms with E-state index in [2.05, 4.69) is 88.7 Å². The van der Waals surface area contributed by atoms with Crippen LogP contribution in [0.1, 0.15) is 166 Å². The van der Waals surface area contributed by atoms with Crippen LogP contribution in [0.2, 0.25) is 0 Å². The molecule has 0 radical (unpaired) electrons. The standard InChI is InChI=1S/C29H44N4O4.C28H42N4O4/c1-18(2)15-22(16-27(34)30-21-11-8-9-12-21)31-29(35)23-17-24(33(32-23)20(5)19(3)4)28-25(36-6)13-10-14-26(28)37-7;1-18(2)14-21(15-26(33)29-20-10-7-8-11-20)30-28(34)22-16-23(32(31-22)17-19(3)4)27-24(35-5)12-9-13-25(27)36-6/h10,13-14,17-22H,8-9,11-12,15-16H2,1-7H3,(H,30,34)(H,31,35);9,12-13,16,18-21H,7-8,10-11,14-15,17H2,1-6H3,(H,29,33)(H,30,34)/t20?,22-;21-/m00/s1. The maximum absolute atomic E-state index is 13.5. The molecule has 2 aliphatic carbocycles. The van der Waals surface area contributed by atoms with E-state index in [1.54, 1.807) is 40.6 Å². The van der Waals surface area contributed by atoms with E-state index >= 15 is 0 Å². The second kappa shape index (κ2) is 27.8. The zero-order chi connectivity index (χ0) is 53.4. The molecule has 0 saturated heterocycles. The quantitative estimate of drug-likeness (QED) is 0.0526. The van der Waals surface area contributed by atoms with Crippen molar-refractivity contribution >= 4 is 23.6 Å². The van der Waals surface area contributed by atoms with Gasteiger partial charge in [-0.25, -0.2) is 0 Å². The highest BCUT2D eigenvalue weighted by atomic mass is 16.5. The normalized spacial score (nSPS) is 15.2. The first-order chi connectivity index (χ1) is 34.8. The van der Waals surface area contributed by atoms with Crippen LogP contribution in [0, 0.1) is 23.7 Å². The Labute approximate surface area is 434 Å². The summed E-state index contributed by atoms with van der Waals surface area (Å²) in [5.74, 6) is 3.26. The summed E-state index contributed by atoms with van der Waals surface area (Å²) in [6.45, 7) is 19.5. The Morgan fingerprint density at radius 3 is 1.32 bits per heavy atom. The van der Waals surface area contributed by atoms with Gasteiger partial charge in [0, 0.05) is 43.6 Å². The zero-order valence-corrected chi connectivity index (χ0v) is 46.1. The fraction of sp³-hybridized carbons (Fsp3) is 0.614. The minimum atomic E-state index is -0.288. The molecule has 4 amide bonds. The van der Waals surface area contributed by atoms with E-state index in [0.717, 1.165) is 73.9 Å². The number of carbonyl (C=O) groups excluding carboxylic acids is 4. The van der Waals surface area contributed by atoms with Crippen LogP contribution in [0.15, 0.2) is 48.5 Å². The van der Waals surface area contributed by atoms with E-state index in [9.17, 15) is 19.2 Å². The lowest BCUT2D eigenvalue weighted by Gasteiger charge is -2.21. The average Bonchev–Trinajstić information content (AvgIpc) is 4.19. The first-order valence-electron chi connectivity index (χ1n) is 26.7. The van der Waals surface area contributed by atoms with E-state index in [0.29, 0.717) is 71.5 Å². The Hall–Kier alpha value is -6.06. The summed E-state index contributed by atoms with van der Waals surface area (Å²) in [7, 11) is 6.46. The SMILES string of the molecule is COc1cccc(OC)c1-c1cc(C(=O)N[C@H](CC(=O)NC2CCCC2)CC(C)C)nn1C(C)C(C)C.COc1cccc(OC)c1-c1cc(C(=O)N[C@H](CC(=O)NC2CCCC2)CC(C)C)nn1CC(C)C. The molecule has 3 atom stereocenters. The largest absolute Gasteiger partial charge is 0.496 e. The fourth-order valence-electron chi connectivity index (χ4n) is 9.91. The van der Waals surface area contributed by atoms with Crippen molar-refractivity contribution in [3.05, 3.63) is 59.9 Å². The van der Waals surface area contributed by atoms with Crippen molar-refractivity contribution in [1.29, 1.82) is 0 Å². The van der Waals surface area contributed by atoms with Crippen molar-refractivity contribution in [2.75, 3.05) is 28.4 Å². The zero-order valence-electron chi connectivity index (χ0n) is 46.1. The van der Waals surface area contributed by atoms with Crippen LogP contribution >= 0.6 is 0 Å². The third-order valence-electron chi connectivity index (χ3n) is 13.7. The highest BCUT2D eigenvalue weighted by Crippen LogP contribution is 2.41. The van der Waals surface area contributed by atoms with Crippen molar-refractivity contribution in [3.8, 4) is 45.5 Å². The molecular weight excluding hydrogens is 925 g/mol. The Kier molecular flexibility index (Phi) is 22.1. The molecule has 2 saturated carbocycles. The molecule has 0 aliphatic heterocycles. The number of rotatable bonds is 24. The number of aromatic nitrogens is 4. The molecule has 402 valence electrons. The molecule has 0 spiro atoms. The van der Waals surface area contributed by atoms with Crippen LogP contribution in [0.25, 0.3) is 22.5 Å².